The summed E-state index contributed by atoms with van der Waals surface area (Å²) in [5, 5.41) is 11.4. The fourth-order valence-electron chi connectivity index (χ4n) is 4.53. The average Bonchev–Trinajstić information content (AvgIpc) is 2.85. The van der Waals surface area contributed by atoms with Crippen molar-refractivity contribution in [3.63, 3.8) is 0 Å². The molecule has 1 aromatic carbocycles. The topological polar surface area (TPSA) is 68.5 Å². The quantitative estimate of drug-likeness (QED) is 0.675. The Bertz CT molecular complexity index is 852. The highest BCUT2D eigenvalue weighted by Gasteiger charge is 2.57. The summed E-state index contributed by atoms with van der Waals surface area (Å²) < 4.78 is 7.34. The van der Waals surface area contributed by atoms with Crippen LogP contribution in [0.2, 0.25) is 0 Å². The largest absolute Gasteiger partial charge is 0.465 e. The minimum Gasteiger partial charge on any atom is -0.465 e. The number of aryl methyl sites for hydroxylation is 1. The number of Topliss-reactive ketones (excluding diaryl/α,β-unsaturated/α-hetero) is 1. The van der Waals surface area contributed by atoms with E-state index in [1.807, 2.05) is 36.0 Å². The lowest BCUT2D eigenvalue weighted by Gasteiger charge is -2.38. The van der Waals surface area contributed by atoms with Crippen LogP contribution in [0.1, 0.15) is 30.9 Å². The molecular weight excluding hydrogens is 306 g/mol. The molecule has 1 saturated carbocycles. The van der Waals surface area contributed by atoms with Crippen molar-refractivity contribution in [3.05, 3.63) is 35.5 Å². The summed E-state index contributed by atoms with van der Waals surface area (Å²) in [5.74, 6) is -1.22. The van der Waals surface area contributed by atoms with Crippen molar-refractivity contribution in [1.82, 2.24) is 4.57 Å². The first-order chi connectivity index (χ1) is 11.5. The molecule has 0 unspecified atom stereocenters. The van der Waals surface area contributed by atoms with Crippen molar-refractivity contribution in [2.75, 3.05) is 6.61 Å². The summed E-state index contributed by atoms with van der Waals surface area (Å²) in [4.78, 5) is 26.2. The van der Waals surface area contributed by atoms with Crippen LogP contribution in [0.5, 0.6) is 0 Å². The number of aliphatic hydroxyl groups excluding tert-OH is 1. The molecule has 0 saturated heterocycles. The Kier molecular flexibility index (Phi) is 3.32. The second-order valence-corrected chi connectivity index (χ2v) is 6.87. The van der Waals surface area contributed by atoms with Crippen LogP contribution < -0.4 is 0 Å². The highest BCUT2D eigenvalue weighted by molar-refractivity contribution is 6.15. The Hall–Kier alpha value is -2.14. The molecule has 2 aromatic rings. The van der Waals surface area contributed by atoms with Gasteiger partial charge in [-0.1, -0.05) is 12.1 Å². The summed E-state index contributed by atoms with van der Waals surface area (Å²) in [6.07, 6.45) is 2.51. The number of hydrogen-bond donors (Lipinski definition) is 1. The maximum Gasteiger partial charge on any atom is 0.324 e. The summed E-state index contributed by atoms with van der Waals surface area (Å²) >= 11 is 0. The lowest BCUT2D eigenvalue weighted by Crippen LogP contribution is -2.54. The van der Waals surface area contributed by atoms with Gasteiger partial charge in [0.1, 0.15) is 0 Å². The van der Waals surface area contributed by atoms with Crippen molar-refractivity contribution in [3.8, 4) is 0 Å². The molecule has 3 atom stereocenters. The number of aromatic nitrogens is 1. The predicted octanol–water partition coefficient (Wildman–Crippen LogP) is 1.88. The Morgan fingerprint density at radius 1 is 1.46 bits per heavy atom. The Morgan fingerprint density at radius 3 is 3.00 bits per heavy atom. The van der Waals surface area contributed by atoms with Crippen molar-refractivity contribution in [1.29, 1.82) is 0 Å². The highest BCUT2D eigenvalue weighted by atomic mass is 16.5. The maximum absolute atomic E-state index is 13.3. The minimum absolute atomic E-state index is 0.189. The van der Waals surface area contributed by atoms with Gasteiger partial charge in [0.05, 0.1) is 12.7 Å². The molecule has 1 aromatic heterocycles. The Labute approximate surface area is 140 Å². The smallest absolute Gasteiger partial charge is 0.324 e. The van der Waals surface area contributed by atoms with E-state index in [4.69, 9.17) is 4.74 Å². The molecule has 1 heterocycles. The summed E-state index contributed by atoms with van der Waals surface area (Å²) in [5.41, 5.74) is 1.48. The number of esters is 1. The van der Waals surface area contributed by atoms with E-state index in [2.05, 4.69) is 0 Å². The molecule has 2 aliphatic carbocycles. The standard InChI is InChI=1S/C19H21NO4/c1-3-24-18(23)19-8-7-15(21)12(17(19)22)9-11-10-20(2)14-6-4-5-13(19)16(11)14/h4-6,10,12,15,21H,3,7-9H2,1-2H3/t12-,15+,19+/m0/s1. The molecule has 4 rings (SSSR count). The third kappa shape index (κ3) is 1.79. The van der Waals surface area contributed by atoms with Gasteiger partial charge in [-0.25, -0.2) is 0 Å². The lowest BCUT2D eigenvalue weighted by atomic mass is 9.64. The molecular formula is C19H21NO4. The van der Waals surface area contributed by atoms with E-state index in [0.717, 1.165) is 22.0 Å². The monoisotopic (exact) mass is 327 g/mol. The molecule has 0 spiro atoms. The second kappa shape index (κ2) is 5.18. The zero-order chi connectivity index (χ0) is 17.1. The van der Waals surface area contributed by atoms with E-state index in [1.54, 1.807) is 6.92 Å². The van der Waals surface area contributed by atoms with Crippen LogP contribution in [-0.4, -0.2) is 34.1 Å². The third-order valence-corrected chi connectivity index (χ3v) is 5.65. The second-order valence-electron chi connectivity index (χ2n) is 6.87. The van der Waals surface area contributed by atoms with Crippen LogP contribution in [-0.2, 0) is 33.2 Å². The number of ketones is 1. The zero-order valence-corrected chi connectivity index (χ0v) is 13.9. The summed E-state index contributed by atoms with van der Waals surface area (Å²) in [6, 6.07) is 5.76. The van der Waals surface area contributed by atoms with Crippen molar-refractivity contribution in [2.24, 2.45) is 13.0 Å². The van der Waals surface area contributed by atoms with Gasteiger partial charge in [0.2, 0.25) is 0 Å². The maximum atomic E-state index is 13.3. The summed E-state index contributed by atoms with van der Waals surface area (Å²) in [6.45, 7) is 1.98. The van der Waals surface area contributed by atoms with E-state index in [0.29, 0.717) is 19.3 Å². The van der Waals surface area contributed by atoms with Crippen LogP contribution in [0.15, 0.2) is 24.4 Å². The van der Waals surface area contributed by atoms with Gasteiger partial charge in [-0.15, -0.1) is 0 Å². The van der Waals surface area contributed by atoms with Crippen LogP contribution in [0.4, 0.5) is 0 Å². The van der Waals surface area contributed by atoms with Gasteiger partial charge in [-0.05, 0) is 43.4 Å². The Balaban J connectivity index is 2.07. The molecule has 0 aliphatic heterocycles. The van der Waals surface area contributed by atoms with Crippen LogP contribution in [0.25, 0.3) is 10.9 Å². The lowest BCUT2D eigenvalue weighted by molar-refractivity contribution is -0.159. The highest BCUT2D eigenvalue weighted by Crippen LogP contribution is 2.48. The van der Waals surface area contributed by atoms with Crippen molar-refractivity contribution >= 4 is 22.7 Å². The molecule has 0 radical (unpaired) electrons. The van der Waals surface area contributed by atoms with E-state index in [9.17, 15) is 14.7 Å². The molecule has 1 N–H and O–H groups in total. The van der Waals surface area contributed by atoms with E-state index >= 15 is 0 Å². The van der Waals surface area contributed by atoms with Crippen LogP contribution >= 0.6 is 0 Å². The number of rotatable bonds is 2. The fourth-order valence-corrected chi connectivity index (χ4v) is 4.53. The van der Waals surface area contributed by atoms with Gasteiger partial charge < -0.3 is 14.4 Å². The molecule has 24 heavy (non-hydrogen) atoms. The third-order valence-electron chi connectivity index (χ3n) is 5.65. The SMILES string of the molecule is CCOC(=O)[C@]12CC[C@@H](O)[C@H](Cc3cn(C)c4cccc1c34)C2=O. The first-order valence-corrected chi connectivity index (χ1v) is 8.47. The van der Waals surface area contributed by atoms with Gasteiger partial charge >= 0.3 is 5.97 Å². The number of carbonyl (C=O) groups is 2. The molecule has 2 aliphatic rings. The number of carbonyl (C=O) groups excluding carboxylic acids is 2. The molecule has 2 bridgehead atoms. The van der Waals surface area contributed by atoms with Crippen molar-refractivity contribution < 1.29 is 19.4 Å². The first-order valence-electron chi connectivity index (χ1n) is 8.47. The fraction of sp³-hybridized carbons (Fsp3) is 0.474. The van der Waals surface area contributed by atoms with Gasteiger partial charge in [0.15, 0.2) is 11.2 Å². The van der Waals surface area contributed by atoms with Gasteiger partial charge in [-0.3, -0.25) is 9.59 Å². The van der Waals surface area contributed by atoms with E-state index in [1.165, 1.54) is 0 Å². The zero-order valence-electron chi connectivity index (χ0n) is 13.9. The van der Waals surface area contributed by atoms with Gasteiger partial charge in [0.25, 0.3) is 0 Å². The number of aliphatic hydroxyl groups is 1. The van der Waals surface area contributed by atoms with Crippen molar-refractivity contribution in [2.45, 2.75) is 37.7 Å². The molecule has 1 fully saturated rings. The number of fused-ring (bicyclic) bond motifs is 3. The first kappa shape index (κ1) is 15.4. The van der Waals surface area contributed by atoms with Crippen LogP contribution in [0, 0.1) is 5.92 Å². The van der Waals surface area contributed by atoms with Gasteiger partial charge in [-0.2, -0.15) is 0 Å². The van der Waals surface area contributed by atoms with E-state index < -0.39 is 23.4 Å². The van der Waals surface area contributed by atoms with Gasteiger partial charge in [0, 0.05) is 30.1 Å². The molecule has 126 valence electrons. The van der Waals surface area contributed by atoms with Crippen LogP contribution in [0.3, 0.4) is 0 Å². The molecule has 5 heteroatoms. The van der Waals surface area contributed by atoms with E-state index in [-0.39, 0.29) is 12.4 Å². The summed E-state index contributed by atoms with van der Waals surface area (Å²) in [7, 11) is 1.96. The normalized spacial score (nSPS) is 28.7. The molecule has 0 amide bonds. The molecule has 5 nitrogen and oxygen atoms in total. The average molecular weight is 327 g/mol. The number of hydrogen-bond acceptors (Lipinski definition) is 4. The Morgan fingerprint density at radius 2 is 2.25 bits per heavy atom. The number of nitrogens with zero attached hydrogens (tertiary/aromatic N) is 1. The minimum atomic E-state index is -1.29. The number of ether oxygens (including phenoxy) is 1. The predicted molar refractivity (Wildman–Crippen MR) is 88.7 cm³/mol. The number of benzene rings is 1.